The van der Waals surface area contributed by atoms with Gasteiger partial charge in [-0.25, -0.2) is 13.4 Å². The van der Waals surface area contributed by atoms with E-state index in [9.17, 15) is 8.42 Å². The van der Waals surface area contributed by atoms with Gasteiger partial charge in [0, 0.05) is 39.0 Å². The van der Waals surface area contributed by atoms with Crippen LogP contribution in [0.4, 0.5) is 0 Å². The van der Waals surface area contributed by atoms with Crippen LogP contribution in [0.5, 0.6) is 0 Å². The zero-order valence-electron chi connectivity index (χ0n) is 12.7. The van der Waals surface area contributed by atoms with Crippen molar-refractivity contribution in [2.24, 2.45) is 0 Å². The molecule has 0 aliphatic carbocycles. The van der Waals surface area contributed by atoms with E-state index in [4.69, 9.17) is 4.74 Å². The molecule has 1 atom stereocenters. The van der Waals surface area contributed by atoms with E-state index in [0.29, 0.717) is 26.2 Å². The van der Waals surface area contributed by atoms with Gasteiger partial charge in [0.2, 0.25) is 0 Å². The fourth-order valence-electron chi connectivity index (χ4n) is 2.44. The minimum Gasteiger partial charge on any atom is -0.383 e. The van der Waals surface area contributed by atoms with Crippen LogP contribution in [0, 0.1) is 0 Å². The average molecular weight is 316 g/mol. The van der Waals surface area contributed by atoms with E-state index in [1.165, 1.54) is 4.31 Å². The van der Waals surface area contributed by atoms with Crippen molar-refractivity contribution >= 4 is 10.0 Å². The second kappa shape index (κ2) is 7.35. The van der Waals surface area contributed by atoms with E-state index >= 15 is 0 Å². The number of hydrogen-bond acceptors (Lipinski definition) is 5. The van der Waals surface area contributed by atoms with E-state index in [-0.39, 0.29) is 11.1 Å². The molecule has 0 spiro atoms. The molecule has 1 aromatic rings. The molecule has 8 heteroatoms. The number of rotatable bonds is 8. The Morgan fingerprint density at radius 3 is 2.95 bits per heavy atom. The van der Waals surface area contributed by atoms with Crippen molar-refractivity contribution in [1.29, 1.82) is 0 Å². The summed E-state index contributed by atoms with van der Waals surface area (Å²) in [5, 5.41) is 3.44. The van der Waals surface area contributed by atoms with Crippen molar-refractivity contribution < 1.29 is 13.2 Å². The third-order valence-electron chi connectivity index (χ3n) is 3.71. The summed E-state index contributed by atoms with van der Waals surface area (Å²) in [5.74, 6) is 0. The van der Waals surface area contributed by atoms with Crippen molar-refractivity contribution in [2.75, 3.05) is 33.4 Å². The molecule has 1 N–H and O–H groups in total. The minimum atomic E-state index is -3.57. The van der Waals surface area contributed by atoms with E-state index < -0.39 is 10.0 Å². The zero-order valence-corrected chi connectivity index (χ0v) is 13.5. The fraction of sp³-hybridized carbons (Fsp3) is 0.769. The molecule has 0 bridgehead atoms. The standard InChI is InChI=1S/C13H24N4O3S/c1-3-16-10-13(15-11-16)21(18,19)17(7-8-20-2)9-12-5-4-6-14-12/h10-12,14H,3-9H2,1-2H3. The second-order valence-electron chi connectivity index (χ2n) is 5.19. The maximum absolute atomic E-state index is 12.7. The second-order valence-corrected chi connectivity index (χ2v) is 7.08. The van der Waals surface area contributed by atoms with Crippen molar-refractivity contribution in [2.45, 2.75) is 37.4 Å². The summed E-state index contributed by atoms with van der Waals surface area (Å²) in [6.07, 6.45) is 5.22. The fourth-order valence-corrected chi connectivity index (χ4v) is 3.84. The van der Waals surface area contributed by atoms with Crippen LogP contribution in [0.2, 0.25) is 0 Å². The van der Waals surface area contributed by atoms with Crippen LogP contribution in [0.1, 0.15) is 19.8 Å². The van der Waals surface area contributed by atoms with Crippen LogP contribution in [0.15, 0.2) is 17.6 Å². The van der Waals surface area contributed by atoms with Crippen LogP contribution in [0.25, 0.3) is 0 Å². The molecule has 2 rings (SSSR count). The largest absolute Gasteiger partial charge is 0.383 e. The molecule has 1 fully saturated rings. The van der Waals surface area contributed by atoms with Gasteiger partial charge in [-0.05, 0) is 26.3 Å². The molecule has 1 aromatic heterocycles. The SMILES string of the molecule is CCn1cnc(S(=O)(=O)N(CCOC)CC2CCCN2)c1. The first kappa shape index (κ1) is 16.4. The van der Waals surface area contributed by atoms with E-state index in [0.717, 1.165) is 19.4 Å². The molecular weight excluding hydrogens is 292 g/mol. The number of aromatic nitrogens is 2. The number of imidazole rings is 1. The number of hydrogen-bond donors (Lipinski definition) is 1. The molecular formula is C13H24N4O3S. The normalized spacial score (nSPS) is 19.5. The number of methoxy groups -OCH3 is 1. The summed E-state index contributed by atoms with van der Waals surface area (Å²) in [7, 11) is -1.99. The zero-order chi connectivity index (χ0) is 15.3. The quantitative estimate of drug-likeness (QED) is 0.746. The molecule has 0 aromatic carbocycles. The highest BCUT2D eigenvalue weighted by molar-refractivity contribution is 7.89. The lowest BCUT2D eigenvalue weighted by Crippen LogP contribution is -2.42. The smallest absolute Gasteiger partial charge is 0.262 e. The molecule has 1 aliphatic heterocycles. The van der Waals surface area contributed by atoms with Gasteiger partial charge in [-0.2, -0.15) is 4.31 Å². The van der Waals surface area contributed by atoms with Gasteiger partial charge in [-0.1, -0.05) is 0 Å². The predicted molar refractivity (Wildman–Crippen MR) is 79.6 cm³/mol. The molecule has 0 saturated carbocycles. The summed E-state index contributed by atoms with van der Waals surface area (Å²) >= 11 is 0. The molecule has 1 unspecified atom stereocenters. The highest BCUT2D eigenvalue weighted by Crippen LogP contribution is 2.16. The molecule has 1 aliphatic rings. The average Bonchev–Trinajstić information content (AvgIpc) is 3.14. The Labute approximate surface area is 126 Å². The molecule has 7 nitrogen and oxygen atoms in total. The number of nitrogens with one attached hydrogen (secondary N) is 1. The highest BCUT2D eigenvalue weighted by Gasteiger charge is 2.29. The van der Waals surface area contributed by atoms with Crippen molar-refractivity contribution in [1.82, 2.24) is 19.2 Å². The molecule has 0 amide bonds. The van der Waals surface area contributed by atoms with E-state index in [2.05, 4.69) is 10.3 Å². The molecule has 2 heterocycles. The topological polar surface area (TPSA) is 76.5 Å². The lowest BCUT2D eigenvalue weighted by Gasteiger charge is -2.24. The lowest BCUT2D eigenvalue weighted by atomic mass is 10.2. The Balaban J connectivity index is 2.16. The van der Waals surface area contributed by atoms with Crippen LogP contribution >= 0.6 is 0 Å². The van der Waals surface area contributed by atoms with E-state index in [1.54, 1.807) is 24.2 Å². The first-order valence-corrected chi connectivity index (χ1v) is 8.76. The maximum Gasteiger partial charge on any atom is 0.262 e. The van der Waals surface area contributed by atoms with Gasteiger partial charge in [0.1, 0.15) is 0 Å². The lowest BCUT2D eigenvalue weighted by molar-refractivity contribution is 0.176. The summed E-state index contributed by atoms with van der Waals surface area (Å²) < 4.78 is 33.7. The van der Waals surface area contributed by atoms with Crippen LogP contribution in [-0.4, -0.2) is 61.7 Å². The first-order chi connectivity index (χ1) is 10.1. The Hall–Kier alpha value is -0.960. The number of ether oxygens (including phenoxy) is 1. The van der Waals surface area contributed by atoms with Gasteiger partial charge < -0.3 is 14.6 Å². The van der Waals surface area contributed by atoms with Gasteiger partial charge in [0.05, 0.1) is 12.9 Å². The Morgan fingerprint density at radius 2 is 2.38 bits per heavy atom. The first-order valence-electron chi connectivity index (χ1n) is 7.32. The Morgan fingerprint density at radius 1 is 1.57 bits per heavy atom. The number of aryl methyl sites for hydroxylation is 1. The van der Waals surface area contributed by atoms with Crippen molar-refractivity contribution in [3.05, 3.63) is 12.5 Å². The summed E-state index contributed by atoms with van der Waals surface area (Å²) in [6.45, 7) is 4.78. The van der Waals surface area contributed by atoms with Crippen LogP contribution < -0.4 is 5.32 Å². The minimum absolute atomic E-state index is 0.110. The maximum atomic E-state index is 12.7. The highest BCUT2D eigenvalue weighted by atomic mass is 32.2. The summed E-state index contributed by atoms with van der Waals surface area (Å²) in [4.78, 5) is 4.03. The monoisotopic (exact) mass is 316 g/mol. The van der Waals surface area contributed by atoms with Gasteiger partial charge >= 0.3 is 0 Å². The predicted octanol–water partition coefficient (Wildman–Crippen LogP) is 0.292. The molecule has 120 valence electrons. The number of nitrogens with zero attached hydrogens (tertiary/aromatic N) is 3. The van der Waals surface area contributed by atoms with Crippen molar-refractivity contribution in [3.63, 3.8) is 0 Å². The van der Waals surface area contributed by atoms with Gasteiger partial charge in [-0.15, -0.1) is 0 Å². The van der Waals surface area contributed by atoms with Crippen LogP contribution in [0.3, 0.4) is 0 Å². The van der Waals surface area contributed by atoms with Gasteiger partial charge in [0.15, 0.2) is 5.03 Å². The Kier molecular flexibility index (Phi) is 5.74. The third kappa shape index (κ3) is 4.03. The van der Waals surface area contributed by atoms with Gasteiger partial charge in [-0.3, -0.25) is 0 Å². The number of sulfonamides is 1. The third-order valence-corrected chi connectivity index (χ3v) is 5.46. The summed E-state index contributed by atoms with van der Waals surface area (Å²) in [5.41, 5.74) is 0. The molecule has 21 heavy (non-hydrogen) atoms. The molecule has 1 saturated heterocycles. The molecule has 0 radical (unpaired) electrons. The van der Waals surface area contributed by atoms with Crippen molar-refractivity contribution in [3.8, 4) is 0 Å². The Bertz CT molecular complexity index is 537. The summed E-state index contributed by atoms with van der Waals surface area (Å²) in [6, 6.07) is 0.213. The van der Waals surface area contributed by atoms with Crippen LogP contribution in [-0.2, 0) is 21.3 Å². The van der Waals surface area contributed by atoms with Gasteiger partial charge in [0.25, 0.3) is 10.0 Å². The van der Waals surface area contributed by atoms with E-state index in [1.807, 2.05) is 6.92 Å².